The molecule has 0 aliphatic heterocycles. The third-order valence-corrected chi connectivity index (χ3v) is 3.02. The number of nitrogens with two attached hydrogens (primary N) is 1. The molecule has 0 aliphatic rings. The number of nitrogens with one attached hydrogen (secondary N) is 2. The maximum atomic E-state index is 11.5. The molecule has 0 aliphatic carbocycles. The number of nitrogens with zero attached hydrogens (tertiary/aromatic N) is 2. The van der Waals surface area contributed by atoms with Gasteiger partial charge in [0, 0.05) is 25.8 Å². The molecule has 0 unspecified atom stereocenters. The molecule has 0 radical (unpaired) electrons. The molecule has 1 aromatic heterocycles. The van der Waals surface area contributed by atoms with E-state index in [1.54, 1.807) is 6.20 Å². The van der Waals surface area contributed by atoms with Gasteiger partial charge in [0.1, 0.15) is 5.82 Å². The summed E-state index contributed by atoms with van der Waals surface area (Å²) >= 11 is 0. The highest BCUT2D eigenvalue weighted by atomic mass is 16.2. The summed E-state index contributed by atoms with van der Waals surface area (Å²) in [6.07, 6.45) is 1.74. The molecule has 4 N–H and O–H groups in total. The maximum Gasteiger partial charge on any atom is 0.239 e. The van der Waals surface area contributed by atoms with Crippen molar-refractivity contribution in [2.24, 2.45) is 5.73 Å². The normalized spacial score (nSPS) is 10.0. The summed E-state index contributed by atoms with van der Waals surface area (Å²) in [5.41, 5.74) is 6.04. The van der Waals surface area contributed by atoms with Crippen LogP contribution < -0.4 is 21.3 Å². The summed E-state index contributed by atoms with van der Waals surface area (Å²) in [7, 11) is 0. The molecule has 0 saturated carbocycles. The smallest absolute Gasteiger partial charge is 0.239 e. The van der Waals surface area contributed by atoms with Gasteiger partial charge in [-0.25, -0.2) is 4.98 Å². The largest absolute Gasteiger partial charge is 0.357 e. The lowest BCUT2D eigenvalue weighted by Gasteiger charge is -2.19. The molecule has 1 rings (SSSR count). The molecular weight excluding hydrogens is 270 g/mol. The van der Waals surface area contributed by atoms with Gasteiger partial charge in [-0.1, -0.05) is 6.07 Å². The Morgan fingerprint density at radius 3 is 2.43 bits per heavy atom. The fourth-order valence-corrected chi connectivity index (χ4v) is 1.77. The van der Waals surface area contributed by atoms with Crippen LogP contribution in [0.2, 0.25) is 0 Å². The monoisotopic (exact) mass is 293 g/mol. The lowest BCUT2D eigenvalue weighted by Crippen LogP contribution is -2.39. The Balaban J connectivity index is 2.42. The Hall–Kier alpha value is -2.15. The molecule has 7 heteroatoms. The quantitative estimate of drug-likeness (QED) is 0.606. The maximum absolute atomic E-state index is 11.5. The van der Waals surface area contributed by atoms with Gasteiger partial charge in [0.05, 0.1) is 13.1 Å². The van der Waals surface area contributed by atoms with E-state index in [0.29, 0.717) is 6.54 Å². The molecule has 2 amide bonds. The first-order chi connectivity index (χ1) is 10.1. The molecule has 21 heavy (non-hydrogen) atoms. The van der Waals surface area contributed by atoms with Gasteiger partial charge in [0.15, 0.2) is 0 Å². The topological polar surface area (TPSA) is 100 Å². The molecule has 1 heterocycles. The van der Waals surface area contributed by atoms with Crippen LogP contribution in [0.5, 0.6) is 0 Å². The zero-order valence-electron chi connectivity index (χ0n) is 12.6. The number of hydrogen-bond acceptors (Lipinski definition) is 5. The van der Waals surface area contributed by atoms with Crippen LogP contribution in [-0.2, 0) is 16.1 Å². The number of aromatic nitrogens is 1. The summed E-state index contributed by atoms with van der Waals surface area (Å²) in [5, 5.41) is 5.12. The Morgan fingerprint density at radius 2 is 1.90 bits per heavy atom. The summed E-state index contributed by atoms with van der Waals surface area (Å²) in [6, 6.07) is 3.87. The van der Waals surface area contributed by atoms with E-state index in [9.17, 15) is 9.59 Å². The van der Waals surface area contributed by atoms with Crippen molar-refractivity contribution in [3.8, 4) is 0 Å². The molecule has 1 aromatic rings. The van der Waals surface area contributed by atoms with Crippen molar-refractivity contribution < 1.29 is 9.59 Å². The number of carbonyl (C=O) groups excluding carboxylic acids is 2. The third kappa shape index (κ3) is 5.78. The van der Waals surface area contributed by atoms with E-state index in [1.807, 2.05) is 12.1 Å². The van der Waals surface area contributed by atoms with Crippen LogP contribution in [0.4, 0.5) is 5.82 Å². The van der Waals surface area contributed by atoms with Crippen LogP contribution in [0.3, 0.4) is 0 Å². The summed E-state index contributed by atoms with van der Waals surface area (Å²) in [5.74, 6) is 0.310. The molecule has 116 valence electrons. The minimum absolute atomic E-state index is 0.0685. The van der Waals surface area contributed by atoms with Crippen LogP contribution >= 0.6 is 0 Å². The molecule has 7 nitrogen and oxygen atoms in total. The first kappa shape index (κ1) is 16.9. The molecule has 0 fully saturated rings. The minimum Gasteiger partial charge on any atom is -0.357 e. The van der Waals surface area contributed by atoms with Gasteiger partial charge in [-0.2, -0.15) is 0 Å². The van der Waals surface area contributed by atoms with Crippen molar-refractivity contribution in [2.45, 2.75) is 20.4 Å². The predicted octanol–water partition coefficient (Wildman–Crippen LogP) is -0.381. The highest BCUT2D eigenvalue weighted by molar-refractivity contribution is 5.85. The zero-order valence-corrected chi connectivity index (χ0v) is 12.6. The molecule has 0 atom stereocenters. The number of anilines is 1. The van der Waals surface area contributed by atoms with Gasteiger partial charge in [0.25, 0.3) is 0 Å². The summed E-state index contributed by atoms with van der Waals surface area (Å²) < 4.78 is 0. The number of rotatable bonds is 8. The fraction of sp³-hybridized carbons (Fsp3) is 0.500. The molecule has 0 spiro atoms. The lowest BCUT2D eigenvalue weighted by molar-refractivity contribution is -0.125. The second-order valence-electron chi connectivity index (χ2n) is 4.45. The first-order valence-corrected chi connectivity index (χ1v) is 7.04. The second kappa shape index (κ2) is 8.91. The van der Waals surface area contributed by atoms with Crippen LogP contribution in [0.25, 0.3) is 0 Å². The fourth-order valence-electron chi connectivity index (χ4n) is 1.77. The SMILES string of the molecule is CCN(CC)c1ccc(CNC(=O)CNC(=O)CN)cn1. The second-order valence-corrected chi connectivity index (χ2v) is 4.45. The Bertz CT molecular complexity index is 457. The van der Waals surface area contributed by atoms with Crippen molar-refractivity contribution in [3.05, 3.63) is 23.9 Å². The highest BCUT2D eigenvalue weighted by Gasteiger charge is 2.05. The number of pyridine rings is 1. The number of hydrogen-bond donors (Lipinski definition) is 3. The van der Waals surface area contributed by atoms with Crippen LogP contribution in [0, 0.1) is 0 Å². The van der Waals surface area contributed by atoms with Gasteiger partial charge < -0.3 is 21.3 Å². The Morgan fingerprint density at radius 1 is 1.19 bits per heavy atom. The standard InChI is InChI=1S/C14H23N5O2/c1-3-19(4-2)12-6-5-11(8-16-12)9-17-14(21)10-18-13(20)7-15/h5-6,8H,3-4,7,9-10,15H2,1-2H3,(H,17,21)(H,18,20). The molecule has 0 bridgehead atoms. The van der Waals surface area contributed by atoms with Crippen molar-refractivity contribution in [3.63, 3.8) is 0 Å². The van der Waals surface area contributed by atoms with Gasteiger partial charge in [0.2, 0.25) is 11.8 Å². The van der Waals surface area contributed by atoms with Crippen LogP contribution in [0.1, 0.15) is 19.4 Å². The van der Waals surface area contributed by atoms with E-state index < -0.39 is 0 Å². The van der Waals surface area contributed by atoms with Crippen molar-refractivity contribution in [2.75, 3.05) is 31.1 Å². The van der Waals surface area contributed by atoms with Gasteiger partial charge in [-0.3, -0.25) is 9.59 Å². The number of amides is 2. The van der Waals surface area contributed by atoms with E-state index in [1.165, 1.54) is 0 Å². The first-order valence-electron chi connectivity index (χ1n) is 7.04. The van der Waals surface area contributed by atoms with Crippen molar-refractivity contribution >= 4 is 17.6 Å². The van der Waals surface area contributed by atoms with Gasteiger partial charge >= 0.3 is 0 Å². The number of carbonyl (C=O) groups is 2. The zero-order chi connectivity index (χ0) is 15.7. The molecule has 0 aromatic carbocycles. The summed E-state index contributed by atoms with van der Waals surface area (Å²) in [6.45, 7) is 6.15. The molecule has 0 saturated heterocycles. The van der Waals surface area contributed by atoms with Crippen molar-refractivity contribution in [1.82, 2.24) is 15.6 Å². The predicted molar refractivity (Wildman–Crippen MR) is 81.7 cm³/mol. The van der Waals surface area contributed by atoms with E-state index in [0.717, 1.165) is 24.5 Å². The van der Waals surface area contributed by atoms with Crippen LogP contribution in [-0.4, -0.2) is 43.0 Å². The summed E-state index contributed by atoms with van der Waals surface area (Å²) in [4.78, 5) is 28.9. The van der Waals surface area contributed by atoms with Gasteiger partial charge in [-0.05, 0) is 25.5 Å². The van der Waals surface area contributed by atoms with Crippen LogP contribution in [0.15, 0.2) is 18.3 Å². The minimum atomic E-state index is -0.351. The van der Waals surface area contributed by atoms with E-state index in [2.05, 4.69) is 34.4 Å². The lowest BCUT2D eigenvalue weighted by atomic mass is 10.2. The third-order valence-electron chi connectivity index (χ3n) is 3.02. The van der Waals surface area contributed by atoms with Crippen molar-refractivity contribution in [1.29, 1.82) is 0 Å². The highest BCUT2D eigenvalue weighted by Crippen LogP contribution is 2.10. The average Bonchev–Trinajstić information content (AvgIpc) is 2.52. The Labute approximate surface area is 124 Å². The van der Waals surface area contributed by atoms with E-state index in [-0.39, 0.29) is 24.9 Å². The average molecular weight is 293 g/mol. The van der Waals surface area contributed by atoms with E-state index in [4.69, 9.17) is 5.73 Å². The molecular formula is C14H23N5O2. The van der Waals surface area contributed by atoms with E-state index >= 15 is 0 Å². The Kier molecular flexibility index (Phi) is 7.17. The van der Waals surface area contributed by atoms with Gasteiger partial charge in [-0.15, -0.1) is 0 Å².